The van der Waals surface area contributed by atoms with Crippen LogP contribution in [0.2, 0.25) is 5.02 Å². The van der Waals surface area contributed by atoms with Crippen molar-refractivity contribution >= 4 is 51.9 Å². The third-order valence-electron chi connectivity index (χ3n) is 3.57. The van der Waals surface area contributed by atoms with E-state index < -0.39 is 0 Å². The van der Waals surface area contributed by atoms with E-state index in [0.29, 0.717) is 22.4 Å². The van der Waals surface area contributed by atoms with E-state index in [0.717, 1.165) is 27.6 Å². The van der Waals surface area contributed by atoms with Crippen LogP contribution >= 0.6 is 35.6 Å². The molecule has 1 saturated heterocycles. The molecule has 1 amide bonds. The van der Waals surface area contributed by atoms with E-state index in [4.69, 9.17) is 33.3 Å². The summed E-state index contributed by atoms with van der Waals surface area (Å²) >= 11 is 12.2. The van der Waals surface area contributed by atoms with Gasteiger partial charge in [-0.25, -0.2) is 0 Å². The van der Waals surface area contributed by atoms with Crippen molar-refractivity contribution in [3.63, 3.8) is 0 Å². The van der Waals surface area contributed by atoms with E-state index in [-0.39, 0.29) is 5.91 Å². The predicted molar refractivity (Wildman–Crippen MR) is 110 cm³/mol. The molecule has 0 atom stereocenters. The van der Waals surface area contributed by atoms with Crippen LogP contribution in [0.3, 0.4) is 0 Å². The second-order valence-corrected chi connectivity index (χ2v) is 7.66. The number of ether oxygens (including phenoxy) is 2. The monoisotopic (exact) mass is 405 g/mol. The summed E-state index contributed by atoms with van der Waals surface area (Å²) in [5.41, 5.74) is 1.89. The van der Waals surface area contributed by atoms with Crippen molar-refractivity contribution in [1.29, 1.82) is 0 Å². The minimum absolute atomic E-state index is 0.157. The highest BCUT2D eigenvalue weighted by Crippen LogP contribution is 2.26. The lowest BCUT2D eigenvalue weighted by Crippen LogP contribution is -2.17. The van der Waals surface area contributed by atoms with E-state index in [1.807, 2.05) is 49.4 Å². The smallest absolute Gasteiger partial charge is 0.263 e. The van der Waals surface area contributed by atoms with Crippen LogP contribution < -0.4 is 14.8 Å². The number of nitrogens with one attached hydrogen (secondary N) is 1. The number of thiocarbonyl (C=S) groups is 1. The molecule has 2 aromatic rings. The van der Waals surface area contributed by atoms with E-state index >= 15 is 0 Å². The van der Waals surface area contributed by atoms with Gasteiger partial charge in [0.2, 0.25) is 0 Å². The fraction of sp³-hybridized carbons (Fsp3) is 0.158. The van der Waals surface area contributed by atoms with Gasteiger partial charge in [-0.3, -0.25) is 4.79 Å². The summed E-state index contributed by atoms with van der Waals surface area (Å²) in [5, 5.41) is 3.32. The maximum Gasteiger partial charge on any atom is 0.263 e. The molecule has 3 rings (SSSR count). The molecule has 134 valence electrons. The Morgan fingerprint density at radius 2 is 1.77 bits per heavy atom. The average Bonchev–Trinajstić information content (AvgIpc) is 2.93. The lowest BCUT2D eigenvalue weighted by atomic mass is 10.2. The Bertz CT molecular complexity index is 866. The summed E-state index contributed by atoms with van der Waals surface area (Å²) in [6, 6.07) is 13.0. The summed E-state index contributed by atoms with van der Waals surface area (Å²) in [5.74, 6) is 1.35. The van der Waals surface area contributed by atoms with Crippen molar-refractivity contribution < 1.29 is 14.3 Å². The first kappa shape index (κ1) is 18.8. The van der Waals surface area contributed by atoms with Gasteiger partial charge >= 0.3 is 0 Å². The van der Waals surface area contributed by atoms with Gasteiger partial charge in [0.05, 0.1) is 4.91 Å². The van der Waals surface area contributed by atoms with Crippen molar-refractivity contribution in [1.82, 2.24) is 5.32 Å². The van der Waals surface area contributed by atoms with Gasteiger partial charge in [0, 0.05) is 5.02 Å². The van der Waals surface area contributed by atoms with Gasteiger partial charge in [-0.1, -0.05) is 47.7 Å². The molecule has 1 fully saturated rings. The molecule has 0 bridgehead atoms. The van der Waals surface area contributed by atoms with E-state index in [9.17, 15) is 4.79 Å². The van der Waals surface area contributed by atoms with Gasteiger partial charge < -0.3 is 14.8 Å². The number of hydrogen-bond acceptors (Lipinski definition) is 5. The molecule has 0 saturated carbocycles. The number of amides is 1. The van der Waals surface area contributed by atoms with Crippen LogP contribution in [-0.2, 0) is 4.79 Å². The molecular formula is C19H16ClNO3S2. The molecule has 1 aliphatic heterocycles. The summed E-state index contributed by atoms with van der Waals surface area (Å²) in [4.78, 5) is 12.2. The van der Waals surface area contributed by atoms with Crippen molar-refractivity contribution in [2.45, 2.75) is 6.92 Å². The van der Waals surface area contributed by atoms with Gasteiger partial charge in [0.1, 0.15) is 29.0 Å². The quantitative estimate of drug-likeness (QED) is 0.432. The second-order valence-electron chi connectivity index (χ2n) is 5.53. The van der Waals surface area contributed by atoms with Gasteiger partial charge in [0.15, 0.2) is 0 Å². The number of aryl methyl sites for hydroxylation is 1. The van der Waals surface area contributed by atoms with Crippen molar-refractivity contribution in [3.8, 4) is 11.5 Å². The lowest BCUT2D eigenvalue weighted by molar-refractivity contribution is -0.115. The Balaban J connectivity index is 1.48. The number of benzene rings is 2. The molecule has 0 spiro atoms. The zero-order valence-electron chi connectivity index (χ0n) is 14.0. The third kappa shape index (κ3) is 5.00. The lowest BCUT2D eigenvalue weighted by Gasteiger charge is -2.09. The first-order valence-electron chi connectivity index (χ1n) is 7.88. The average molecular weight is 406 g/mol. The van der Waals surface area contributed by atoms with Crippen LogP contribution in [0.1, 0.15) is 11.1 Å². The fourth-order valence-corrected chi connectivity index (χ4v) is 3.42. The Labute approximate surface area is 166 Å². The summed E-state index contributed by atoms with van der Waals surface area (Å²) in [6.07, 6.45) is 1.80. The summed E-state index contributed by atoms with van der Waals surface area (Å²) in [6.45, 7) is 2.79. The molecule has 0 radical (unpaired) electrons. The van der Waals surface area contributed by atoms with Crippen LogP contribution in [0.5, 0.6) is 11.5 Å². The topological polar surface area (TPSA) is 47.6 Å². The first-order chi connectivity index (χ1) is 12.5. The molecule has 0 unspecified atom stereocenters. The first-order valence-corrected chi connectivity index (χ1v) is 9.48. The number of hydrogen-bond donors (Lipinski definition) is 1. The minimum atomic E-state index is -0.157. The number of carbonyl (C=O) groups excluding carboxylic acids is 1. The van der Waals surface area contributed by atoms with Crippen LogP contribution in [0, 0.1) is 6.92 Å². The Morgan fingerprint density at radius 1 is 1.12 bits per heavy atom. The van der Waals surface area contributed by atoms with Crippen molar-refractivity contribution in [2.75, 3.05) is 13.2 Å². The van der Waals surface area contributed by atoms with Crippen LogP contribution in [-0.4, -0.2) is 23.4 Å². The van der Waals surface area contributed by atoms with Crippen molar-refractivity contribution in [3.05, 3.63) is 63.5 Å². The van der Waals surface area contributed by atoms with Gasteiger partial charge in [-0.05, 0) is 54.5 Å². The molecule has 1 aliphatic rings. The Morgan fingerprint density at radius 3 is 2.38 bits per heavy atom. The highest BCUT2D eigenvalue weighted by atomic mass is 35.5. The number of thioether (sulfide) groups is 1. The summed E-state index contributed by atoms with van der Waals surface area (Å²) in [7, 11) is 0. The molecule has 0 aliphatic carbocycles. The second kappa shape index (κ2) is 8.58. The van der Waals surface area contributed by atoms with Crippen LogP contribution in [0.4, 0.5) is 0 Å². The number of carbonyl (C=O) groups is 1. The molecule has 2 aromatic carbocycles. The Kier molecular flexibility index (Phi) is 6.19. The Hall–Kier alpha value is -2.02. The van der Waals surface area contributed by atoms with E-state index in [1.54, 1.807) is 6.08 Å². The SMILES string of the molecule is Cc1cc(OCCOc2ccc(/C=C3/SC(=S)NC3=O)cc2)ccc1Cl. The fourth-order valence-electron chi connectivity index (χ4n) is 2.26. The zero-order valence-corrected chi connectivity index (χ0v) is 16.3. The molecule has 0 aromatic heterocycles. The predicted octanol–water partition coefficient (Wildman–Crippen LogP) is 4.60. The molecule has 26 heavy (non-hydrogen) atoms. The van der Waals surface area contributed by atoms with Crippen LogP contribution in [0.25, 0.3) is 6.08 Å². The van der Waals surface area contributed by atoms with Crippen LogP contribution in [0.15, 0.2) is 47.4 Å². The third-order valence-corrected chi connectivity index (χ3v) is 5.16. The standard InChI is InChI=1S/C19H16ClNO3S2/c1-12-10-15(6-7-16(12)20)24-9-8-23-14-4-2-13(3-5-14)11-17-18(22)21-19(25)26-17/h2-7,10-11H,8-9H2,1H3,(H,21,22,25)/b17-11+. The largest absolute Gasteiger partial charge is 0.490 e. The maximum atomic E-state index is 11.7. The number of halogens is 1. The minimum Gasteiger partial charge on any atom is -0.490 e. The normalized spacial score (nSPS) is 15.2. The molecule has 7 heteroatoms. The molecule has 4 nitrogen and oxygen atoms in total. The van der Waals surface area contributed by atoms with Gasteiger partial charge in [-0.15, -0.1) is 0 Å². The zero-order chi connectivity index (χ0) is 18.5. The van der Waals surface area contributed by atoms with Crippen molar-refractivity contribution in [2.24, 2.45) is 0 Å². The maximum absolute atomic E-state index is 11.7. The summed E-state index contributed by atoms with van der Waals surface area (Å²) < 4.78 is 11.8. The molecular weight excluding hydrogens is 390 g/mol. The van der Waals surface area contributed by atoms with Gasteiger partial charge in [0.25, 0.3) is 5.91 Å². The molecule has 1 heterocycles. The van der Waals surface area contributed by atoms with E-state index in [2.05, 4.69) is 5.32 Å². The highest BCUT2D eigenvalue weighted by molar-refractivity contribution is 8.26. The number of rotatable bonds is 6. The molecule has 1 N–H and O–H groups in total. The van der Waals surface area contributed by atoms with Gasteiger partial charge in [-0.2, -0.15) is 0 Å². The van der Waals surface area contributed by atoms with E-state index in [1.165, 1.54) is 11.8 Å². The highest BCUT2D eigenvalue weighted by Gasteiger charge is 2.21.